The van der Waals surface area contributed by atoms with Gasteiger partial charge in [0.05, 0.1) is 14.1 Å². The standard InChI is InChI=1S/C16H18N4/c1-17-3-5-19(7-17)15-9-12-10(15)14-11(15)13(9)16(12,14)20-6-4-18(2)8-20/h3-14H,1-2H3/q+2. The Morgan fingerprint density at radius 1 is 0.700 bits per heavy atom. The first kappa shape index (κ1) is 9.37. The van der Waals surface area contributed by atoms with E-state index in [1.165, 1.54) is 0 Å². The van der Waals surface area contributed by atoms with Crippen LogP contribution in [-0.2, 0) is 25.2 Å². The highest BCUT2D eigenvalue weighted by atomic mass is 15.4. The Hall–Kier alpha value is -1.58. The zero-order valence-electron chi connectivity index (χ0n) is 11.7. The summed E-state index contributed by atoms with van der Waals surface area (Å²) in [5.41, 5.74) is 1.14. The Morgan fingerprint density at radius 2 is 1.05 bits per heavy atom. The van der Waals surface area contributed by atoms with Crippen molar-refractivity contribution in [1.29, 1.82) is 0 Å². The first-order chi connectivity index (χ1) is 9.73. The number of nitrogens with zero attached hydrogens (tertiary/aromatic N) is 4. The molecule has 0 unspecified atom stereocenters. The van der Waals surface area contributed by atoms with E-state index in [-0.39, 0.29) is 0 Å². The number of rotatable bonds is 2. The van der Waals surface area contributed by atoms with Gasteiger partial charge in [0.2, 0.25) is 12.7 Å². The van der Waals surface area contributed by atoms with Crippen molar-refractivity contribution in [3.8, 4) is 0 Å². The molecule has 6 fully saturated rings. The molecule has 0 aromatic carbocycles. The molecule has 6 saturated carbocycles. The molecule has 8 rings (SSSR count). The molecule has 0 amide bonds. The summed E-state index contributed by atoms with van der Waals surface area (Å²) in [6.45, 7) is 0. The van der Waals surface area contributed by atoms with Gasteiger partial charge in [-0.1, -0.05) is 0 Å². The van der Waals surface area contributed by atoms with E-state index in [9.17, 15) is 0 Å². The van der Waals surface area contributed by atoms with E-state index in [0.29, 0.717) is 11.1 Å². The maximum absolute atomic E-state index is 2.56. The van der Waals surface area contributed by atoms with Crippen LogP contribution in [0.4, 0.5) is 0 Å². The lowest BCUT2D eigenvalue weighted by Gasteiger charge is -3.06. The molecule has 0 radical (unpaired) electrons. The van der Waals surface area contributed by atoms with E-state index in [2.05, 4.69) is 69.8 Å². The quantitative estimate of drug-likeness (QED) is 0.670. The van der Waals surface area contributed by atoms with E-state index in [4.69, 9.17) is 0 Å². The monoisotopic (exact) mass is 266 g/mol. The largest absolute Gasteiger partial charge is 0.244 e. The van der Waals surface area contributed by atoms with Crippen molar-refractivity contribution in [2.45, 2.75) is 11.1 Å². The van der Waals surface area contributed by atoms with Gasteiger partial charge in [0.1, 0.15) is 35.9 Å². The maximum atomic E-state index is 2.56. The summed E-state index contributed by atoms with van der Waals surface area (Å²) in [5, 5.41) is 0. The third-order valence-corrected chi connectivity index (χ3v) is 7.96. The Morgan fingerprint density at radius 3 is 1.30 bits per heavy atom. The molecule has 0 bridgehead atoms. The van der Waals surface area contributed by atoms with E-state index in [0.717, 1.165) is 35.5 Å². The number of imidazole rings is 2. The zero-order valence-corrected chi connectivity index (χ0v) is 11.7. The van der Waals surface area contributed by atoms with Crippen molar-refractivity contribution < 1.29 is 9.13 Å². The van der Waals surface area contributed by atoms with Gasteiger partial charge in [-0.25, -0.2) is 18.3 Å². The summed E-state index contributed by atoms with van der Waals surface area (Å²) < 4.78 is 9.52. The fraction of sp³-hybridized carbons (Fsp3) is 0.625. The van der Waals surface area contributed by atoms with Gasteiger partial charge >= 0.3 is 0 Å². The van der Waals surface area contributed by atoms with Gasteiger partial charge in [0, 0.05) is 35.5 Å². The molecule has 20 heavy (non-hydrogen) atoms. The molecule has 100 valence electrons. The molecule has 0 saturated heterocycles. The van der Waals surface area contributed by atoms with E-state index >= 15 is 0 Å². The smallest absolute Gasteiger partial charge is 0.240 e. The Bertz CT molecular complexity index is 690. The molecule has 6 aliphatic carbocycles. The van der Waals surface area contributed by atoms with E-state index < -0.39 is 0 Å². The highest BCUT2D eigenvalue weighted by Crippen LogP contribution is 3.07. The number of hydrogen-bond acceptors (Lipinski definition) is 0. The van der Waals surface area contributed by atoms with Crippen molar-refractivity contribution in [2.24, 2.45) is 49.6 Å². The van der Waals surface area contributed by atoms with Crippen molar-refractivity contribution in [2.75, 3.05) is 0 Å². The van der Waals surface area contributed by atoms with Crippen LogP contribution in [0, 0.1) is 35.5 Å². The minimum atomic E-state index is 0.568. The predicted octanol–water partition coefficient (Wildman–Crippen LogP) is -0.205. The molecule has 0 atom stereocenters. The first-order valence-electron chi connectivity index (χ1n) is 7.81. The lowest BCUT2D eigenvalue weighted by molar-refractivity contribution is -0.682. The summed E-state index contributed by atoms with van der Waals surface area (Å²) in [7, 11) is 4.28. The Balaban J connectivity index is 1.34. The lowest BCUT2D eigenvalue weighted by Crippen LogP contribution is -3.14. The molecular formula is C16H18N4+2. The molecular weight excluding hydrogens is 248 g/mol. The first-order valence-corrected chi connectivity index (χ1v) is 7.81. The summed E-state index contributed by atoms with van der Waals surface area (Å²) in [6, 6.07) is 0. The van der Waals surface area contributed by atoms with E-state index in [1.807, 2.05) is 0 Å². The number of aromatic nitrogens is 4. The van der Waals surface area contributed by atoms with E-state index in [1.54, 1.807) is 0 Å². The van der Waals surface area contributed by atoms with Crippen LogP contribution in [0.3, 0.4) is 0 Å². The fourth-order valence-corrected chi connectivity index (χ4v) is 7.81. The third kappa shape index (κ3) is 0.499. The summed E-state index contributed by atoms with van der Waals surface area (Å²) >= 11 is 0. The van der Waals surface area contributed by atoms with Gasteiger partial charge < -0.3 is 0 Å². The molecule has 2 aromatic rings. The molecule has 6 aliphatic rings. The van der Waals surface area contributed by atoms with Gasteiger partial charge in [-0.2, -0.15) is 0 Å². The van der Waals surface area contributed by atoms with Gasteiger partial charge in [0.25, 0.3) is 0 Å². The summed E-state index contributed by atoms with van der Waals surface area (Å²) in [4.78, 5) is 0. The van der Waals surface area contributed by atoms with Crippen LogP contribution in [0.15, 0.2) is 37.4 Å². The molecule has 0 N–H and O–H groups in total. The van der Waals surface area contributed by atoms with Crippen LogP contribution in [-0.4, -0.2) is 9.13 Å². The van der Waals surface area contributed by atoms with Gasteiger partial charge in [-0.15, -0.1) is 0 Å². The minimum absolute atomic E-state index is 0.568. The average Bonchev–Trinajstić information content (AvgIpc) is 3.07. The van der Waals surface area contributed by atoms with Crippen LogP contribution < -0.4 is 9.13 Å². The van der Waals surface area contributed by atoms with Crippen molar-refractivity contribution in [3.05, 3.63) is 37.4 Å². The molecule has 0 aliphatic heterocycles. The second-order valence-corrected chi connectivity index (χ2v) is 7.90. The predicted molar refractivity (Wildman–Crippen MR) is 68.1 cm³/mol. The van der Waals surface area contributed by atoms with Crippen LogP contribution in [0.1, 0.15) is 0 Å². The summed E-state index contributed by atoms with van der Waals surface area (Å²) in [6.07, 6.45) is 13.6. The van der Waals surface area contributed by atoms with Crippen LogP contribution >= 0.6 is 0 Å². The molecule has 4 heteroatoms. The topological polar surface area (TPSA) is 17.6 Å². The Kier molecular flexibility index (Phi) is 1.02. The van der Waals surface area contributed by atoms with Crippen molar-refractivity contribution >= 4 is 0 Å². The molecule has 4 nitrogen and oxygen atoms in total. The van der Waals surface area contributed by atoms with Gasteiger partial charge in [-0.05, 0) is 0 Å². The average molecular weight is 266 g/mol. The molecule has 2 heterocycles. The van der Waals surface area contributed by atoms with Crippen LogP contribution in [0.5, 0.6) is 0 Å². The minimum Gasteiger partial charge on any atom is -0.240 e. The van der Waals surface area contributed by atoms with Gasteiger partial charge in [-0.3, -0.25) is 0 Å². The molecule has 0 spiro atoms. The highest BCUT2D eigenvalue weighted by molar-refractivity contribution is 5.58. The SMILES string of the molecule is C[n+]1ccn(C23C4C5C2C2C3C4C52n2cc[n+](C)c2)c1. The van der Waals surface area contributed by atoms with Crippen LogP contribution in [0.25, 0.3) is 0 Å². The Labute approximate surface area is 117 Å². The zero-order chi connectivity index (χ0) is 13.0. The third-order valence-electron chi connectivity index (χ3n) is 7.96. The molecule has 2 aromatic heterocycles. The van der Waals surface area contributed by atoms with Crippen molar-refractivity contribution in [1.82, 2.24) is 9.13 Å². The number of aryl methyl sites for hydroxylation is 2. The normalized spacial score (nSPS) is 57.9. The summed E-state index contributed by atoms with van der Waals surface area (Å²) in [5.74, 6) is 5.93. The second kappa shape index (κ2) is 2.18. The van der Waals surface area contributed by atoms with Gasteiger partial charge in [0.15, 0.2) is 0 Å². The number of hydrogen-bond donors (Lipinski definition) is 0. The highest BCUT2D eigenvalue weighted by Gasteiger charge is 3.15. The maximum Gasteiger partial charge on any atom is 0.244 e. The second-order valence-electron chi connectivity index (χ2n) is 7.90. The van der Waals surface area contributed by atoms with Crippen LogP contribution in [0.2, 0.25) is 0 Å². The lowest BCUT2D eigenvalue weighted by atomic mass is 8.96. The van der Waals surface area contributed by atoms with Crippen molar-refractivity contribution in [3.63, 3.8) is 0 Å². The fourth-order valence-electron chi connectivity index (χ4n) is 7.81.